The van der Waals surface area contributed by atoms with Gasteiger partial charge in [-0.2, -0.15) is 13.9 Å². The SMILES string of the molecule is Nc1n[nH]c(C2CC2)c1-c1ccc(OC(F)F)cc1. The van der Waals surface area contributed by atoms with Crippen LogP contribution in [0.4, 0.5) is 14.6 Å². The highest BCUT2D eigenvalue weighted by molar-refractivity contribution is 5.77. The van der Waals surface area contributed by atoms with E-state index in [1.54, 1.807) is 12.1 Å². The Kier molecular flexibility index (Phi) is 2.85. The fourth-order valence-corrected chi connectivity index (χ4v) is 2.14. The number of hydrogen-bond acceptors (Lipinski definition) is 3. The second-order valence-corrected chi connectivity index (χ2v) is 4.57. The van der Waals surface area contributed by atoms with Crippen molar-refractivity contribution in [2.75, 3.05) is 5.73 Å². The number of ether oxygens (including phenoxy) is 1. The highest BCUT2D eigenvalue weighted by atomic mass is 19.3. The summed E-state index contributed by atoms with van der Waals surface area (Å²) in [5.41, 5.74) is 8.61. The van der Waals surface area contributed by atoms with Gasteiger partial charge in [0, 0.05) is 17.2 Å². The van der Waals surface area contributed by atoms with Crippen molar-refractivity contribution < 1.29 is 13.5 Å². The second-order valence-electron chi connectivity index (χ2n) is 4.57. The molecule has 1 aromatic heterocycles. The van der Waals surface area contributed by atoms with E-state index in [9.17, 15) is 8.78 Å². The summed E-state index contributed by atoms with van der Waals surface area (Å²) in [6, 6.07) is 6.44. The van der Waals surface area contributed by atoms with E-state index < -0.39 is 6.61 Å². The number of hydrogen-bond donors (Lipinski definition) is 2. The van der Waals surface area contributed by atoms with Crippen LogP contribution in [0.5, 0.6) is 5.75 Å². The number of alkyl halides is 2. The van der Waals surface area contributed by atoms with Crippen LogP contribution in [-0.2, 0) is 0 Å². The molecule has 3 N–H and O–H groups in total. The summed E-state index contributed by atoms with van der Waals surface area (Å²) < 4.78 is 28.5. The maximum absolute atomic E-state index is 12.1. The Morgan fingerprint density at radius 1 is 1.26 bits per heavy atom. The number of nitrogen functional groups attached to an aromatic ring is 1. The van der Waals surface area contributed by atoms with Gasteiger partial charge in [-0.15, -0.1) is 0 Å². The number of aromatic amines is 1. The quantitative estimate of drug-likeness (QED) is 0.892. The molecule has 19 heavy (non-hydrogen) atoms. The van der Waals surface area contributed by atoms with Gasteiger partial charge in [0.25, 0.3) is 0 Å². The first kappa shape index (κ1) is 12.0. The van der Waals surface area contributed by atoms with Crippen LogP contribution in [0.15, 0.2) is 24.3 Å². The van der Waals surface area contributed by atoms with Gasteiger partial charge in [0.15, 0.2) is 5.82 Å². The minimum atomic E-state index is -2.81. The van der Waals surface area contributed by atoms with Crippen LogP contribution < -0.4 is 10.5 Å². The zero-order valence-electron chi connectivity index (χ0n) is 10.1. The summed E-state index contributed by atoms with van der Waals surface area (Å²) >= 11 is 0. The minimum Gasteiger partial charge on any atom is -0.435 e. The van der Waals surface area contributed by atoms with Gasteiger partial charge in [0.2, 0.25) is 0 Å². The third kappa shape index (κ3) is 2.38. The summed E-state index contributed by atoms with van der Waals surface area (Å²) in [6.45, 7) is -2.81. The van der Waals surface area contributed by atoms with E-state index in [1.165, 1.54) is 12.1 Å². The summed E-state index contributed by atoms with van der Waals surface area (Å²) in [5, 5.41) is 6.98. The van der Waals surface area contributed by atoms with Gasteiger partial charge in [-0.1, -0.05) is 12.1 Å². The Bertz CT molecular complexity index is 576. The van der Waals surface area contributed by atoms with E-state index in [0.29, 0.717) is 11.7 Å². The highest BCUT2D eigenvalue weighted by Gasteiger charge is 2.29. The standard InChI is InChI=1S/C13H13F2N3O/c14-13(15)19-9-5-3-7(4-6-9)10-11(8-1-2-8)17-18-12(10)16/h3-6,8,13H,1-2H2,(H3,16,17,18). The molecule has 0 radical (unpaired) electrons. The number of nitrogens with zero attached hydrogens (tertiary/aromatic N) is 1. The van der Waals surface area contributed by atoms with Gasteiger partial charge >= 0.3 is 6.61 Å². The number of benzene rings is 1. The number of nitrogens with two attached hydrogens (primary N) is 1. The molecule has 0 atom stereocenters. The number of nitrogens with one attached hydrogen (secondary N) is 1. The third-order valence-corrected chi connectivity index (χ3v) is 3.18. The van der Waals surface area contributed by atoms with Crippen molar-refractivity contribution in [3.63, 3.8) is 0 Å². The molecule has 2 aromatic rings. The first-order chi connectivity index (χ1) is 9.15. The molecule has 1 saturated carbocycles. The number of H-pyrrole nitrogens is 1. The smallest absolute Gasteiger partial charge is 0.387 e. The van der Waals surface area contributed by atoms with E-state index in [1.807, 2.05) is 0 Å². The van der Waals surface area contributed by atoms with Crippen LogP contribution in [0.1, 0.15) is 24.5 Å². The predicted octanol–water partition coefficient (Wildman–Crippen LogP) is 3.14. The Labute approximate surface area is 108 Å². The van der Waals surface area contributed by atoms with Crippen LogP contribution in [0.25, 0.3) is 11.1 Å². The first-order valence-electron chi connectivity index (χ1n) is 6.04. The van der Waals surface area contributed by atoms with Crippen molar-refractivity contribution in [2.24, 2.45) is 0 Å². The maximum atomic E-state index is 12.1. The zero-order valence-corrected chi connectivity index (χ0v) is 10.1. The summed E-state index contributed by atoms with van der Waals surface area (Å²) in [5.74, 6) is 1.05. The minimum absolute atomic E-state index is 0.133. The Balaban J connectivity index is 1.91. The van der Waals surface area contributed by atoms with Crippen molar-refractivity contribution in [1.82, 2.24) is 10.2 Å². The number of rotatable bonds is 4. The molecule has 100 valence electrons. The zero-order chi connectivity index (χ0) is 13.4. The van der Waals surface area contributed by atoms with E-state index in [2.05, 4.69) is 14.9 Å². The van der Waals surface area contributed by atoms with E-state index in [-0.39, 0.29) is 5.75 Å². The Morgan fingerprint density at radius 2 is 1.95 bits per heavy atom. The lowest BCUT2D eigenvalue weighted by Gasteiger charge is -2.06. The Hall–Kier alpha value is -2.11. The van der Waals surface area contributed by atoms with E-state index >= 15 is 0 Å². The predicted molar refractivity (Wildman–Crippen MR) is 67.0 cm³/mol. The number of halogens is 2. The number of aromatic nitrogens is 2. The fourth-order valence-electron chi connectivity index (χ4n) is 2.14. The molecule has 1 aromatic carbocycles. The normalized spacial score (nSPS) is 14.9. The van der Waals surface area contributed by atoms with Crippen molar-refractivity contribution in [3.05, 3.63) is 30.0 Å². The van der Waals surface area contributed by atoms with Gasteiger partial charge in [0.05, 0.1) is 0 Å². The third-order valence-electron chi connectivity index (χ3n) is 3.18. The molecule has 0 amide bonds. The largest absolute Gasteiger partial charge is 0.435 e. The van der Waals surface area contributed by atoms with Gasteiger partial charge in [-0.3, -0.25) is 5.10 Å². The number of anilines is 1. The Morgan fingerprint density at radius 3 is 2.53 bits per heavy atom. The van der Waals surface area contributed by atoms with Gasteiger partial charge in [-0.05, 0) is 30.5 Å². The van der Waals surface area contributed by atoms with Gasteiger partial charge in [0.1, 0.15) is 5.75 Å². The topological polar surface area (TPSA) is 63.9 Å². The van der Waals surface area contributed by atoms with Crippen molar-refractivity contribution in [3.8, 4) is 16.9 Å². The van der Waals surface area contributed by atoms with Crippen LogP contribution in [0.2, 0.25) is 0 Å². The molecule has 3 rings (SSSR count). The summed E-state index contributed by atoms with van der Waals surface area (Å²) in [7, 11) is 0. The molecule has 6 heteroatoms. The maximum Gasteiger partial charge on any atom is 0.387 e. The van der Waals surface area contributed by atoms with Crippen LogP contribution in [-0.4, -0.2) is 16.8 Å². The average Bonchev–Trinajstić information content (AvgIpc) is 3.14. The fraction of sp³-hybridized carbons (Fsp3) is 0.308. The lowest BCUT2D eigenvalue weighted by atomic mass is 10.0. The second kappa shape index (κ2) is 4.53. The molecule has 1 aliphatic rings. The molecule has 0 unspecified atom stereocenters. The van der Waals surface area contributed by atoms with Crippen molar-refractivity contribution >= 4 is 5.82 Å². The molecule has 4 nitrogen and oxygen atoms in total. The summed E-state index contributed by atoms with van der Waals surface area (Å²) in [6.07, 6.45) is 2.25. The molecular weight excluding hydrogens is 252 g/mol. The van der Waals surface area contributed by atoms with Crippen LogP contribution in [0.3, 0.4) is 0 Å². The monoisotopic (exact) mass is 265 g/mol. The van der Waals surface area contributed by atoms with Crippen molar-refractivity contribution in [1.29, 1.82) is 0 Å². The average molecular weight is 265 g/mol. The molecule has 0 bridgehead atoms. The van der Waals surface area contributed by atoms with Gasteiger partial charge in [-0.25, -0.2) is 0 Å². The van der Waals surface area contributed by atoms with Gasteiger partial charge < -0.3 is 10.5 Å². The van der Waals surface area contributed by atoms with Crippen LogP contribution in [0, 0.1) is 0 Å². The molecule has 0 saturated heterocycles. The molecule has 0 aliphatic heterocycles. The van der Waals surface area contributed by atoms with E-state index in [4.69, 9.17) is 5.73 Å². The summed E-state index contributed by atoms with van der Waals surface area (Å²) in [4.78, 5) is 0. The van der Waals surface area contributed by atoms with Crippen molar-refractivity contribution in [2.45, 2.75) is 25.4 Å². The first-order valence-corrected chi connectivity index (χ1v) is 6.04. The highest BCUT2D eigenvalue weighted by Crippen LogP contribution is 2.45. The molecule has 1 aliphatic carbocycles. The molecule has 1 heterocycles. The molecule has 1 fully saturated rings. The van der Waals surface area contributed by atoms with E-state index in [0.717, 1.165) is 29.7 Å². The lowest BCUT2D eigenvalue weighted by molar-refractivity contribution is -0.0498. The molecule has 0 spiro atoms. The van der Waals surface area contributed by atoms with Crippen LogP contribution >= 0.6 is 0 Å². The lowest BCUT2D eigenvalue weighted by Crippen LogP contribution is -2.01. The molecular formula is C13H13F2N3O.